The summed E-state index contributed by atoms with van der Waals surface area (Å²) in [5.41, 5.74) is 1.71. The van der Waals surface area contributed by atoms with E-state index in [4.69, 9.17) is 14.7 Å². The van der Waals surface area contributed by atoms with Crippen molar-refractivity contribution >= 4 is 11.6 Å². The standard InChI is InChI=1S/C13H14N2O3/c1-9-3-4-12(17-2)11(5-9)15-7-10(6-14)18-8-13(15)16/h3-5,10H,7-8H2,1-2H3. The summed E-state index contributed by atoms with van der Waals surface area (Å²) < 4.78 is 10.4. The molecule has 0 aliphatic carbocycles. The lowest BCUT2D eigenvalue weighted by Gasteiger charge is -2.30. The highest BCUT2D eigenvalue weighted by atomic mass is 16.5. The third kappa shape index (κ3) is 2.29. The zero-order chi connectivity index (χ0) is 13.1. The van der Waals surface area contributed by atoms with Gasteiger partial charge in [0.05, 0.1) is 25.4 Å². The Labute approximate surface area is 106 Å². The fraction of sp³-hybridized carbons (Fsp3) is 0.385. The summed E-state index contributed by atoms with van der Waals surface area (Å²) in [5, 5.41) is 8.88. The molecule has 0 N–H and O–H groups in total. The molecule has 5 heteroatoms. The van der Waals surface area contributed by atoms with Crippen LogP contribution >= 0.6 is 0 Å². The summed E-state index contributed by atoms with van der Waals surface area (Å²) in [5.74, 6) is 0.456. The predicted octanol–water partition coefficient (Wildman–Crippen LogP) is 1.26. The van der Waals surface area contributed by atoms with Crippen molar-refractivity contribution < 1.29 is 14.3 Å². The first kappa shape index (κ1) is 12.4. The Balaban J connectivity index is 2.37. The van der Waals surface area contributed by atoms with Crippen molar-refractivity contribution in [2.24, 2.45) is 0 Å². The Bertz CT molecular complexity index is 507. The van der Waals surface area contributed by atoms with Gasteiger partial charge in [-0.2, -0.15) is 5.26 Å². The molecule has 94 valence electrons. The van der Waals surface area contributed by atoms with Crippen molar-refractivity contribution in [1.29, 1.82) is 5.26 Å². The van der Waals surface area contributed by atoms with Crippen LogP contribution in [0.15, 0.2) is 18.2 Å². The largest absolute Gasteiger partial charge is 0.495 e. The number of morpholine rings is 1. The number of rotatable bonds is 2. The molecule has 0 saturated carbocycles. The number of aryl methyl sites for hydroxylation is 1. The lowest BCUT2D eigenvalue weighted by Crippen LogP contribution is -2.46. The highest BCUT2D eigenvalue weighted by Crippen LogP contribution is 2.30. The molecule has 18 heavy (non-hydrogen) atoms. The number of anilines is 1. The van der Waals surface area contributed by atoms with Crippen LogP contribution < -0.4 is 9.64 Å². The van der Waals surface area contributed by atoms with E-state index in [0.717, 1.165) is 5.56 Å². The first-order valence-corrected chi connectivity index (χ1v) is 5.62. The van der Waals surface area contributed by atoms with E-state index in [1.165, 1.54) is 0 Å². The van der Waals surface area contributed by atoms with Crippen molar-refractivity contribution in [2.45, 2.75) is 13.0 Å². The fourth-order valence-electron chi connectivity index (χ4n) is 1.89. The minimum Gasteiger partial charge on any atom is -0.495 e. The van der Waals surface area contributed by atoms with Gasteiger partial charge in [-0.05, 0) is 24.6 Å². The molecule has 0 aromatic heterocycles. The molecule has 1 amide bonds. The highest BCUT2D eigenvalue weighted by Gasteiger charge is 2.29. The summed E-state index contributed by atoms with van der Waals surface area (Å²) in [6.45, 7) is 2.10. The average molecular weight is 246 g/mol. The Morgan fingerprint density at radius 3 is 3.00 bits per heavy atom. The molecule has 0 spiro atoms. The third-order valence-electron chi connectivity index (χ3n) is 2.83. The maximum absolute atomic E-state index is 11.9. The van der Waals surface area contributed by atoms with Gasteiger partial charge in [-0.25, -0.2) is 0 Å². The van der Waals surface area contributed by atoms with Crippen LogP contribution in [0.3, 0.4) is 0 Å². The van der Waals surface area contributed by atoms with E-state index in [1.54, 1.807) is 12.0 Å². The van der Waals surface area contributed by atoms with Crippen LogP contribution in [0.25, 0.3) is 0 Å². The molecule has 1 heterocycles. The van der Waals surface area contributed by atoms with Crippen molar-refractivity contribution in [3.63, 3.8) is 0 Å². The third-order valence-corrected chi connectivity index (χ3v) is 2.83. The number of carbonyl (C=O) groups is 1. The van der Waals surface area contributed by atoms with E-state index in [1.807, 2.05) is 31.2 Å². The molecule has 5 nitrogen and oxygen atoms in total. The molecular weight excluding hydrogens is 232 g/mol. The van der Waals surface area contributed by atoms with Crippen molar-refractivity contribution in [3.8, 4) is 11.8 Å². The molecule has 1 aromatic carbocycles. The molecule has 0 bridgehead atoms. The lowest BCUT2D eigenvalue weighted by atomic mass is 10.1. The van der Waals surface area contributed by atoms with Gasteiger partial charge in [0.2, 0.25) is 0 Å². The van der Waals surface area contributed by atoms with Gasteiger partial charge in [0.25, 0.3) is 5.91 Å². The highest BCUT2D eigenvalue weighted by molar-refractivity contribution is 5.96. The number of hydrogen-bond acceptors (Lipinski definition) is 4. The Hall–Kier alpha value is -2.06. The van der Waals surface area contributed by atoms with Gasteiger partial charge in [-0.15, -0.1) is 0 Å². The van der Waals surface area contributed by atoms with E-state index in [-0.39, 0.29) is 19.1 Å². The first-order chi connectivity index (χ1) is 8.65. The minimum atomic E-state index is -0.590. The number of benzene rings is 1. The maximum Gasteiger partial charge on any atom is 0.253 e. The van der Waals surface area contributed by atoms with Gasteiger partial charge >= 0.3 is 0 Å². The normalized spacial score (nSPS) is 19.5. The Morgan fingerprint density at radius 1 is 1.56 bits per heavy atom. The van der Waals surface area contributed by atoms with Gasteiger partial charge in [-0.3, -0.25) is 4.79 Å². The summed E-state index contributed by atoms with van der Waals surface area (Å²) in [6, 6.07) is 7.62. The average Bonchev–Trinajstić information content (AvgIpc) is 2.39. The maximum atomic E-state index is 11.9. The zero-order valence-corrected chi connectivity index (χ0v) is 10.3. The van der Waals surface area contributed by atoms with Crippen molar-refractivity contribution in [2.75, 3.05) is 25.2 Å². The van der Waals surface area contributed by atoms with Gasteiger partial charge in [0, 0.05) is 0 Å². The SMILES string of the molecule is COc1ccc(C)cc1N1CC(C#N)OCC1=O. The van der Waals surface area contributed by atoms with Crippen LogP contribution in [0, 0.1) is 18.3 Å². The second kappa shape index (κ2) is 5.07. The number of carbonyl (C=O) groups excluding carboxylic acids is 1. The van der Waals surface area contributed by atoms with E-state index >= 15 is 0 Å². The fourth-order valence-corrected chi connectivity index (χ4v) is 1.89. The molecular formula is C13H14N2O3. The van der Waals surface area contributed by atoms with Gasteiger partial charge in [0.1, 0.15) is 12.4 Å². The number of amides is 1. The van der Waals surface area contributed by atoms with Crippen molar-refractivity contribution in [3.05, 3.63) is 23.8 Å². The molecule has 1 unspecified atom stereocenters. The van der Waals surface area contributed by atoms with Crippen LogP contribution in [0.1, 0.15) is 5.56 Å². The molecule has 2 rings (SSSR count). The topological polar surface area (TPSA) is 62.6 Å². The van der Waals surface area contributed by atoms with E-state index in [9.17, 15) is 4.79 Å². The minimum absolute atomic E-state index is 0.0741. The number of nitrogens with zero attached hydrogens (tertiary/aromatic N) is 2. The Morgan fingerprint density at radius 2 is 2.33 bits per heavy atom. The van der Waals surface area contributed by atoms with Crippen LogP contribution in [0.5, 0.6) is 5.75 Å². The molecule has 1 aliphatic rings. The second-order valence-electron chi connectivity index (χ2n) is 4.11. The number of ether oxygens (including phenoxy) is 2. The second-order valence-corrected chi connectivity index (χ2v) is 4.11. The van der Waals surface area contributed by atoms with Crippen LogP contribution in [-0.4, -0.2) is 32.3 Å². The molecule has 1 saturated heterocycles. The quantitative estimate of drug-likeness (QED) is 0.788. The van der Waals surface area contributed by atoms with Crippen LogP contribution in [-0.2, 0) is 9.53 Å². The monoisotopic (exact) mass is 246 g/mol. The molecule has 0 radical (unpaired) electrons. The first-order valence-electron chi connectivity index (χ1n) is 5.62. The number of nitriles is 1. The van der Waals surface area contributed by atoms with Gasteiger partial charge in [-0.1, -0.05) is 6.07 Å². The van der Waals surface area contributed by atoms with Crippen LogP contribution in [0.4, 0.5) is 5.69 Å². The Kier molecular flexibility index (Phi) is 3.49. The summed E-state index contributed by atoms with van der Waals surface area (Å²) in [4.78, 5) is 13.4. The van der Waals surface area contributed by atoms with E-state index in [0.29, 0.717) is 11.4 Å². The lowest BCUT2D eigenvalue weighted by molar-refractivity contribution is -0.127. The summed E-state index contributed by atoms with van der Waals surface area (Å²) in [7, 11) is 1.56. The molecule has 1 fully saturated rings. The summed E-state index contributed by atoms with van der Waals surface area (Å²) in [6.07, 6.45) is -0.590. The van der Waals surface area contributed by atoms with Gasteiger partial charge in [0.15, 0.2) is 6.10 Å². The van der Waals surface area contributed by atoms with Gasteiger partial charge < -0.3 is 14.4 Å². The van der Waals surface area contributed by atoms with Crippen LogP contribution in [0.2, 0.25) is 0 Å². The number of hydrogen-bond donors (Lipinski definition) is 0. The molecule has 1 aromatic rings. The van der Waals surface area contributed by atoms with Crippen molar-refractivity contribution in [1.82, 2.24) is 0 Å². The zero-order valence-electron chi connectivity index (χ0n) is 10.3. The predicted molar refractivity (Wildman–Crippen MR) is 65.4 cm³/mol. The molecule has 1 atom stereocenters. The van der Waals surface area contributed by atoms with E-state index in [2.05, 4.69) is 0 Å². The van der Waals surface area contributed by atoms with E-state index < -0.39 is 6.10 Å². The molecule has 1 aliphatic heterocycles. The smallest absolute Gasteiger partial charge is 0.253 e. The number of methoxy groups -OCH3 is 1. The summed E-state index contributed by atoms with van der Waals surface area (Å²) >= 11 is 0.